The summed E-state index contributed by atoms with van der Waals surface area (Å²) in [6, 6.07) is 17.4. The minimum absolute atomic E-state index is 0. The first-order valence-corrected chi connectivity index (χ1v) is 9.39. The van der Waals surface area contributed by atoms with Crippen LogP contribution in [0.4, 0.5) is 0 Å². The zero-order valence-corrected chi connectivity index (χ0v) is 15.5. The molecule has 0 bridgehead atoms. The van der Waals surface area contributed by atoms with Crippen molar-refractivity contribution in [3.63, 3.8) is 0 Å². The van der Waals surface area contributed by atoms with Crippen LogP contribution in [0.25, 0.3) is 10.8 Å². The molecule has 3 rings (SSSR count). The van der Waals surface area contributed by atoms with Gasteiger partial charge in [-0.2, -0.15) is 0 Å². The SMILES string of the molecule is C.C[C@H](CCCCc1ccc(Cl)cc1)NCc1ccc2cnccc2c1. The lowest BCUT2D eigenvalue weighted by Crippen LogP contribution is -2.25. The van der Waals surface area contributed by atoms with Crippen molar-refractivity contribution < 1.29 is 0 Å². The summed E-state index contributed by atoms with van der Waals surface area (Å²) in [5.41, 5.74) is 2.70. The van der Waals surface area contributed by atoms with Crippen molar-refractivity contribution in [1.82, 2.24) is 10.3 Å². The maximum atomic E-state index is 5.92. The van der Waals surface area contributed by atoms with Gasteiger partial charge in [0.1, 0.15) is 0 Å². The first kappa shape index (κ1) is 20.4. The second-order valence-electron chi connectivity index (χ2n) is 6.71. The van der Waals surface area contributed by atoms with E-state index in [9.17, 15) is 0 Å². The first-order chi connectivity index (χ1) is 12.2. The Morgan fingerprint density at radius 1 is 0.962 bits per heavy atom. The predicted octanol–water partition coefficient (Wildman–Crippen LogP) is 6.42. The van der Waals surface area contributed by atoms with E-state index in [1.54, 1.807) is 0 Å². The molecule has 0 saturated heterocycles. The summed E-state index contributed by atoms with van der Waals surface area (Å²) in [6.07, 6.45) is 8.54. The molecule has 0 radical (unpaired) electrons. The van der Waals surface area contributed by atoms with E-state index in [1.807, 2.05) is 24.5 Å². The smallest absolute Gasteiger partial charge is 0.0406 e. The number of hydrogen-bond acceptors (Lipinski definition) is 2. The molecule has 0 amide bonds. The molecule has 1 aromatic heterocycles. The topological polar surface area (TPSA) is 24.9 Å². The van der Waals surface area contributed by atoms with Gasteiger partial charge in [-0.05, 0) is 67.0 Å². The third-order valence-corrected chi connectivity index (χ3v) is 4.88. The van der Waals surface area contributed by atoms with Crippen LogP contribution in [-0.4, -0.2) is 11.0 Å². The number of aryl methyl sites for hydroxylation is 1. The van der Waals surface area contributed by atoms with E-state index in [0.29, 0.717) is 6.04 Å². The summed E-state index contributed by atoms with van der Waals surface area (Å²) in [4.78, 5) is 4.16. The normalized spacial score (nSPS) is 11.9. The van der Waals surface area contributed by atoms with E-state index in [2.05, 4.69) is 53.6 Å². The van der Waals surface area contributed by atoms with Gasteiger partial charge in [0.2, 0.25) is 0 Å². The van der Waals surface area contributed by atoms with Gasteiger partial charge in [0.25, 0.3) is 0 Å². The molecule has 26 heavy (non-hydrogen) atoms. The van der Waals surface area contributed by atoms with Crippen molar-refractivity contribution >= 4 is 22.4 Å². The second kappa shape index (κ2) is 10.3. The highest BCUT2D eigenvalue weighted by Crippen LogP contribution is 2.15. The number of hydrogen-bond donors (Lipinski definition) is 1. The predicted molar refractivity (Wildman–Crippen MR) is 114 cm³/mol. The molecular weight excluding hydrogens is 340 g/mol. The standard InChI is InChI=1S/C22H25ClN2.CH4/c1-17(4-2-3-5-18-7-10-22(23)11-8-18)25-15-19-6-9-21-16-24-13-12-20(21)14-19;/h6-14,16-17,25H,2-5,15H2,1H3;1H4/t17-;/m1./s1. The summed E-state index contributed by atoms with van der Waals surface area (Å²) < 4.78 is 0. The van der Waals surface area contributed by atoms with Gasteiger partial charge < -0.3 is 5.32 Å². The summed E-state index contributed by atoms with van der Waals surface area (Å²) in [5, 5.41) is 6.90. The number of unbranched alkanes of at least 4 members (excludes halogenated alkanes) is 1. The third-order valence-electron chi connectivity index (χ3n) is 4.63. The fourth-order valence-electron chi connectivity index (χ4n) is 3.07. The van der Waals surface area contributed by atoms with Crippen LogP contribution in [0, 0.1) is 0 Å². The Hall–Kier alpha value is -1.90. The van der Waals surface area contributed by atoms with Crippen LogP contribution in [0.3, 0.4) is 0 Å². The van der Waals surface area contributed by atoms with Gasteiger partial charge in [-0.1, -0.05) is 49.7 Å². The van der Waals surface area contributed by atoms with Crippen LogP contribution in [0.15, 0.2) is 60.9 Å². The van der Waals surface area contributed by atoms with Gasteiger partial charge in [0.15, 0.2) is 0 Å². The van der Waals surface area contributed by atoms with Crippen molar-refractivity contribution in [1.29, 1.82) is 0 Å². The lowest BCUT2D eigenvalue weighted by atomic mass is 10.0. The van der Waals surface area contributed by atoms with Crippen molar-refractivity contribution in [3.05, 3.63) is 77.1 Å². The average Bonchev–Trinajstić information content (AvgIpc) is 2.65. The van der Waals surface area contributed by atoms with Crippen molar-refractivity contribution in [2.45, 2.75) is 52.6 Å². The fraction of sp³-hybridized carbons (Fsp3) is 0.348. The minimum Gasteiger partial charge on any atom is -0.310 e. The molecule has 0 unspecified atom stereocenters. The van der Waals surface area contributed by atoms with Crippen LogP contribution in [0.1, 0.15) is 44.7 Å². The Labute approximate surface area is 162 Å². The Balaban J connectivity index is 0.00000243. The Morgan fingerprint density at radius 3 is 2.54 bits per heavy atom. The lowest BCUT2D eigenvalue weighted by Gasteiger charge is -2.14. The van der Waals surface area contributed by atoms with E-state index < -0.39 is 0 Å². The van der Waals surface area contributed by atoms with Gasteiger partial charge in [0, 0.05) is 35.4 Å². The van der Waals surface area contributed by atoms with Gasteiger partial charge in [-0.3, -0.25) is 4.98 Å². The summed E-state index contributed by atoms with van der Waals surface area (Å²) in [7, 11) is 0. The van der Waals surface area contributed by atoms with Crippen LogP contribution in [0.5, 0.6) is 0 Å². The maximum Gasteiger partial charge on any atom is 0.0406 e. The molecule has 1 heterocycles. The number of fused-ring (bicyclic) bond motifs is 1. The van der Waals surface area contributed by atoms with E-state index in [1.165, 1.54) is 41.2 Å². The van der Waals surface area contributed by atoms with Crippen molar-refractivity contribution in [3.8, 4) is 0 Å². The van der Waals surface area contributed by atoms with Gasteiger partial charge >= 0.3 is 0 Å². The van der Waals surface area contributed by atoms with E-state index in [0.717, 1.165) is 18.0 Å². The number of benzene rings is 2. The zero-order chi connectivity index (χ0) is 17.5. The second-order valence-corrected chi connectivity index (χ2v) is 7.15. The molecule has 1 N–H and O–H groups in total. The Kier molecular flexibility index (Phi) is 8.08. The molecule has 0 aliphatic carbocycles. The zero-order valence-electron chi connectivity index (χ0n) is 14.7. The monoisotopic (exact) mass is 368 g/mol. The highest BCUT2D eigenvalue weighted by atomic mass is 35.5. The number of pyridine rings is 1. The number of nitrogens with one attached hydrogen (secondary N) is 1. The van der Waals surface area contributed by atoms with E-state index in [-0.39, 0.29) is 7.43 Å². The van der Waals surface area contributed by atoms with Crippen LogP contribution < -0.4 is 5.32 Å². The molecule has 0 fully saturated rings. The quantitative estimate of drug-likeness (QED) is 0.464. The summed E-state index contributed by atoms with van der Waals surface area (Å²) in [6.45, 7) is 3.18. The van der Waals surface area contributed by atoms with Gasteiger partial charge in [0.05, 0.1) is 0 Å². The molecule has 0 aliphatic heterocycles. The number of rotatable bonds is 8. The van der Waals surface area contributed by atoms with Crippen molar-refractivity contribution in [2.24, 2.45) is 0 Å². The Bertz CT molecular complexity index is 799. The largest absolute Gasteiger partial charge is 0.310 e. The highest BCUT2D eigenvalue weighted by molar-refractivity contribution is 6.30. The number of aromatic nitrogens is 1. The number of halogens is 1. The van der Waals surface area contributed by atoms with Crippen molar-refractivity contribution in [2.75, 3.05) is 0 Å². The van der Waals surface area contributed by atoms with Gasteiger partial charge in [-0.15, -0.1) is 0 Å². The van der Waals surface area contributed by atoms with E-state index >= 15 is 0 Å². The molecule has 2 aromatic carbocycles. The molecule has 3 heteroatoms. The summed E-state index contributed by atoms with van der Waals surface area (Å²) >= 11 is 5.92. The molecular formula is C23H29ClN2. The molecule has 1 atom stereocenters. The molecule has 138 valence electrons. The van der Waals surface area contributed by atoms with Crippen LogP contribution >= 0.6 is 11.6 Å². The fourth-order valence-corrected chi connectivity index (χ4v) is 3.19. The molecule has 0 saturated carbocycles. The van der Waals surface area contributed by atoms with E-state index in [4.69, 9.17) is 11.6 Å². The minimum atomic E-state index is 0. The maximum absolute atomic E-state index is 5.92. The third kappa shape index (κ3) is 6.12. The van der Waals surface area contributed by atoms with Crippen LogP contribution in [0.2, 0.25) is 5.02 Å². The number of nitrogens with zero attached hydrogens (tertiary/aromatic N) is 1. The Morgan fingerprint density at radius 2 is 1.73 bits per heavy atom. The molecule has 3 aromatic rings. The highest BCUT2D eigenvalue weighted by Gasteiger charge is 2.03. The molecule has 2 nitrogen and oxygen atoms in total. The van der Waals surface area contributed by atoms with Crippen LogP contribution in [-0.2, 0) is 13.0 Å². The first-order valence-electron chi connectivity index (χ1n) is 9.01. The molecule has 0 aliphatic rings. The van der Waals surface area contributed by atoms with Gasteiger partial charge in [-0.25, -0.2) is 0 Å². The molecule has 0 spiro atoms. The summed E-state index contributed by atoms with van der Waals surface area (Å²) in [5.74, 6) is 0. The average molecular weight is 369 g/mol. The lowest BCUT2D eigenvalue weighted by molar-refractivity contribution is 0.489.